The van der Waals surface area contributed by atoms with Crippen LogP contribution in [0.25, 0.3) is 4.85 Å². The molecule has 0 bridgehead atoms. The van der Waals surface area contributed by atoms with Crippen LogP contribution in [0.1, 0.15) is 5.56 Å². The average molecular weight is 161 g/mol. The molecule has 0 aliphatic rings. The number of hydrogen-bond donors (Lipinski definition) is 0. The third-order valence-corrected chi connectivity index (χ3v) is 1.30. The van der Waals surface area contributed by atoms with Gasteiger partial charge in [-0.1, -0.05) is 30.3 Å². The van der Waals surface area contributed by atoms with Crippen molar-refractivity contribution in [3.8, 4) is 0 Å². The van der Waals surface area contributed by atoms with Gasteiger partial charge in [0.25, 0.3) is 0 Å². The van der Waals surface area contributed by atoms with Gasteiger partial charge in [0.2, 0.25) is 0 Å². The molecular weight excluding hydrogens is 154 g/mol. The number of carbonyl (C=O) groups excluding carboxylic acids is 1. The van der Waals surface area contributed by atoms with Gasteiger partial charge in [0, 0.05) is 0 Å². The lowest BCUT2D eigenvalue weighted by Gasteiger charge is -1.99. The third-order valence-electron chi connectivity index (χ3n) is 1.30. The number of nitrogens with zero attached hydrogens (tertiary/aromatic N) is 1. The van der Waals surface area contributed by atoms with E-state index in [0.717, 1.165) is 5.56 Å². The van der Waals surface area contributed by atoms with E-state index in [4.69, 9.17) is 6.57 Å². The summed E-state index contributed by atoms with van der Waals surface area (Å²) in [5.41, 5.74) is 0.884. The Hall–Kier alpha value is -1.82. The highest BCUT2D eigenvalue weighted by atomic mass is 16.5. The molecule has 0 radical (unpaired) electrons. The van der Waals surface area contributed by atoms with Crippen LogP contribution >= 0.6 is 0 Å². The van der Waals surface area contributed by atoms with Crippen molar-refractivity contribution in [3.05, 3.63) is 47.3 Å². The van der Waals surface area contributed by atoms with E-state index in [2.05, 4.69) is 9.58 Å². The number of ether oxygens (including phenoxy) is 1. The van der Waals surface area contributed by atoms with E-state index in [1.807, 2.05) is 30.3 Å². The van der Waals surface area contributed by atoms with Crippen LogP contribution in [0.5, 0.6) is 0 Å². The van der Waals surface area contributed by atoms with E-state index in [0.29, 0.717) is 0 Å². The Balaban J connectivity index is 2.45. The average Bonchev–Trinajstić information content (AvgIpc) is 2.16. The Bertz CT molecular complexity index is 300. The number of rotatable bonds is 2. The van der Waals surface area contributed by atoms with Gasteiger partial charge in [0.1, 0.15) is 13.2 Å². The highest BCUT2D eigenvalue weighted by molar-refractivity contribution is 5.77. The molecule has 0 aliphatic carbocycles. The summed E-state index contributed by atoms with van der Waals surface area (Å²) < 4.78 is 4.58. The third kappa shape index (κ3) is 2.43. The molecule has 1 aromatic carbocycles. The van der Waals surface area contributed by atoms with Crippen molar-refractivity contribution in [1.82, 2.24) is 0 Å². The number of benzene rings is 1. The molecule has 60 valence electrons. The summed E-state index contributed by atoms with van der Waals surface area (Å²) in [6.45, 7) is 6.49. The Morgan fingerprint density at radius 1 is 1.42 bits per heavy atom. The largest absolute Gasteiger partial charge is 0.561 e. The Labute approximate surface area is 70.4 Å². The fraction of sp³-hybridized carbons (Fsp3) is 0.111. The second kappa shape index (κ2) is 4.14. The minimum absolute atomic E-state index is 0.169. The van der Waals surface area contributed by atoms with Crippen molar-refractivity contribution >= 4 is 6.09 Å². The maximum atomic E-state index is 10.4. The zero-order chi connectivity index (χ0) is 8.81. The minimum atomic E-state index is -0.862. The van der Waals surface area contributed by atoms with Gasteiger partial charge >= 0.3 is 6.09 Å². The van der Waals surface area contributed by atoms with Gasteiger partial charge in [-0.15, -0.1) is 0 Å². The fourth-order valence-electron chi connectivity index (χ4n) is 0.752. The summed E-state index contributed by atoms with van der Waals surface area (Å²) in [6.07, 6.45) is -0.862. The molecule has 3 heteroatoms. The smallest absolute Gasteiger partial charge is 0.482 e. The van der Waals surface area contributed by atoms with Gasteiger partial charge in [-0.3, -0.25) is 4.79 Å². The van der Waals surface area contributed by atoms with Gasteiger partial charge in [0.05, 0.1) is 0 Å². The van der Waals surface area contributed by atoms with Crippen LogP contribution in [-0.2, 0) is 11.3 Å². The topological polar surface area (TPSA) is 30.7 Å². The maximum absolute atomic E-state index is 10.4. The first-order valence-electron chi connectivity index (χ1n) is 3.41. The second-order valence-corrected chi connectivity index (χ2v) is 2.15. The highest BCUT2D eigenvalue weighted by Gasteiger charge is 1.99. The number of carbonyl (C=O) groups is 1. The SMILES string of the molecule is [C-]#[N+]C(=O)OCc1ccccc1. The van der Waals surface area contributed by atoms with E-state index < -0.39 is 6.09 Å². The van der Waals surface area contributed by atoms with Crippen LogP contribution in [-0.4, -0.2) is 6.09 Å². The lowest BCUT2D eigenvalue weighted by atomic mass is 10.2. The lowest BCUT2D eigenvalue weighted by molar-refractivity contribution is 0.159. The van der Waals surface area contributed by atoms with E-state index in [-0.39, 0.29) is 6.61 Å². The molecule has 0 aliphatic heterocycles. The predicted octanol–water partition coefficient (Wildman–Crippen LogP) is 2.24. The summed E-state index contributed by atoms with van der Waals surface area (Å²) in [6, 6.07) is 9.23. The molecule has 12 heavy (non-hydrogen) atoms. The molecule has 0 saturated carbocycles. The van der Waals surface area contributed by atoms with Gasteiger partial charge in [-0.25, -0.2) is 0 Å². The van der Waals surface area contributed by atoms with Crippen molar-refractivity contribution in [1.29, 1.82) is 0 Å². The molecule has 0 saturated heterocycles. The van der Waals surface area contributed by atoms with Gasteiger partial charge < -0.3 is 4.74 Å². The Morgan fingerprint density at radius 3 is 2.67 bits per heavy atom. The van der Waals surface area contributed by atoms with Gasteiger partial charge in [-0.2, -0.15) is 4.85 Å². The van der Waals surface area contributed by atoms with Crippen molar-refractivity contribution in [2.75, 3.05) is 0 Å². The fourth-order valence-corrected chi connectivity index (χ4v) is 0.752. The molecule has 3 nitrogen and oxygen atoms in total. The molecule has 0 aromatic heterocycles. The van der Waals surface area contributed by atoms with E-state index in [1.54, 1.807) is 0 Å². The first-order valence-corrected chi connectivity index (χ1v) is 3.41. The summed E-state index contributed by atoms with van der Waals surface area (Å²) in [4.78, 5) is 13.0. The second-order valence-electron chi connectivity index (χ2n) is 2.15. The zero-order valence-corrected chi connectivity index (χ0v) is 6.36. The Morgan fingerprint density at radius 2 is 2.08 bits per heavy atom. The monoisotopic (exact) mass is 161 g/mol. The molecule has 0 spiro atoms. The molecule has 1 aromatic rings. The summed E-state index contributed by atoms with van der Waals surface area (Å²) in [5.74, 6) is 0. The molecule has 0 N–H and O–H groups in total. The van der Waals surface area contributed by atoms with Crippen LogP contribution < -0.4 is 0 Å². The van der Waals surface area contributed by atoms with Gasteiger partial charge in [-0.05, 0) is 5.56 Å². The number of amides is 1. The van der Waals surface area contributed by atoms with Crippen LogP contribution in [0.3, 0.4) is 0 Å². The van der Waals surface area contributed by atoms with Crippen molar-refractivity contribution in [3.63, 3.8) is 0 Å². The number of hydrogen-bond acceptors (Lipinski definition) is 2. The zero-order valence-electron chi connectivity index (χ0n) is 6.36. The van der Waals surface area contributed by atoms with E-state index >= 15 is 0 Å². The van der Waals surface area contributed by atoms with E-state index in [1.165, 1.54) is 0 Å². The normalized spacial score (nSPS) is 8.58. The minimum Gasteiger partial charge on any atom is -0.482 e. The summed E-state index contributed by atoms with van der Waals surface area (Å²) in [5, 5.41) is 0. The summed E-state index contributed by atoms with van der Waals surface area (Å²) in [7, 11) is 0. The standard InChI is InChI=1S/C9H7NO2/c1-10-9(11)12-7-8-5-3-2-4-6-8/h2-6H,7H2. The van der Waals surface area contributed by atoms with Crippen molar-refractivity contribution in [2.24, 2.45) is 0 Å². The summed E-state index contributed by atoms with van der Waals surface area (Å²) >= 11 is 0. The molecule has 1 rings (SSSR count). The molecular formula is C9H7NO2. The molecule has 0 heterocycles. The molecule has 0 fully saturated rings. The quantitative estimate of drug-likeness (QED) is 0.623. The Kier molecular flexibility index (Phi) is 2.86. The molecule has 0 atom stereocenters. The lowest BCUT2D eigenvalue weighted by Crippen LogP contribution is -1.96. The van der Waals surface area contributed by atoms with Crippen LogP contribution in [0.15, 0.2) is 30.3 Å². The first kappa shape index (κ1) is 8.28. The highest BCUT2D eigenvalue weighted by Crippen LogP contribution is 2.00. The molecule has 1 amide bonds. The predicted molar refractivity (Wildman–Crippen MR) is 43.2 cm³/mol. The van der Waals surface area contributed by atoms with Crippen LogP contribution in [0.2, 0.25) is 0 Å². The van der Waals surface area contributed by atoms with Crippen molar-refractivity contribution in [2.45, 2.75) is 6.61 Å². The van der Waals surface area contributed by atoms with Gasteiger partial charge in [0.15, 0.2) is 0 Å². The van der Waals surface area contributed by atoms with E-state index in [9.17, 15) is 4.79 Å². The molecule has 0 unspecified atom stereocenters. The van der Waals surface area contributed by atoms with Crippen LogP contribution in [0, 0.1) is 6.57 Å². The maximum Gasteiger partial charge on any atom is 0.561 e. The van der Waals surface area contributed by atoms with Crippen LogP contribution in [0.4, 0.5) is 4.79 Å². The first-order chi connectivity index (χ1) is 5.83. The van der Waals surface area contributed by atoms with Crippen molar-refractivity contribution < 1.29 is 9.53 Å².